The summed E-state index contributed by atoms with van der Waals surface area (Å²) in [4.78, 5) is 25.4. The third-order valence-corrected chi connectivity index (χ3v) is 7.96. The Balaban J connectivity index is 0.000000532. The minimum atomic E-state index is -5.08. The zero-order valence-electron chi connectivity index (χ0n) is 20.8. The number of rotatable bonds is 6. The van der Waals surface area contributed by atoms with Crippen LogP contribution in [0.1, 0.15) is 42.5 Å². The molecule has 214 valence electrons. The summed E-state index contributed by atoms with van der Waals surface area (Å²) in [5.74, 6) is -4.40. The highest BCUT2D eigenvalue weighted by atomic mass is 32.2. The molecular formula is C25H29F4N3O6S. The molecule has 0 saturated carbocycles. The predicted molar refractivity (Wildman–Crippen MR) is 135 cm³/mol. The number of sulfonamides is 1. The normalized spacial score (nSPS) is 17.2. The molecule has 0 spiro atoms. The summed E-state index contributed by atoms with van der Waals surface area (Å²) in [6.45, 7) is 3.83. The van der Waals surface area contributed by atoms with Crippen molar-refractivity contribution in [3.8, 4) is 0 Å². The molecule has 2 saturated heterocycles. The van der Waals surface area contributed by atoms with Gasteiger partial charge in [0.1, 0.15) is 5.82 Å². The van der Waals surface area contributed by atoms with Gasteiger partial charge in [0.25, 0.3) is 10.0 Å². The van der Waals surface area contributed by atoms with E-state index in [1.54, 1.807) is 12.1 Å². The number of carboxylic acids is 2. The average Bonchev–Trinajstić information content (AvgIpc) is 2.89. The summed E-state index contributed by atoms with van der Waals surface area (Å²) in [5.41, 5.74) is 0.804. The molecule has 14 heteroatoms. The molecule has 0 aromatic heterocycles. The maximum absolute atomic E-state index is 13.1. The number of halogens is 4. The lowest BCUT2D eigenvalue weighted by molar-refractivity contribution is -0.192. The molecule has 4 rings (SSSR count). The summed E-state index contributed by atoms with van der Waals surface area (Å²) in [7, 11) is -3.96. The molecule has 3 N–H and O–H groups in total. The van der Waals surface area contributed by atoms with Gasteiger partial charge in [-0.05, 0) is 81.2 Å². The summed E-state index contributed by atoms with van der Waals surface area (Å²) >= 11 is 0. The van der Waals surface area contributed by atoms with Crippen LogP contribution in [0.15, 0.2) is 47.4 Å². The second-order valence-electron chi connectivity index (χ2n) is 9.21. The largest absolute Gasteiger partial charge is 0.490 e. The third-order valence-electron chi connectivity index (χ3n) is 6.56. The number of alkyl halides is 3. The lowest BCUT2D eigenvalue weighted by Gasteiger charge is -2.41. The van der Waals surface area contributed by atoms with E-state index in [9.17, 15) is 35.9 Å². The van der Waals surface area contributed by atoms with Crippen LogP contribution >= 0.6 is 0 Å². The van der Waals surface area contributed by atoms with Crippen LogP contribution in [-0.2, 0) is 14.8 Å². The Kier molecular flexibility index (Phi) is 9.78. The Hall–Kier alpha value is -3.39. The Bertz CT molecular complexity index is 1260. The molecule has 0 atom stereocenters. The van der Waals surface area contributed by atoms with Crippen LogP contribution in [0.25, 0.3) is 0 Å². The fourth-order valence-electron chi connectivity index (χ4n) is 4.63. The molecule has 39 heavy (non-hydrogen) atoms. The van der Waals surface area contributed by atoms with Crippen LogP contribution in [0.4, 0.5) is 28.9 Å². The van der Waals surface area contributed by atoms with Crippen LogP contribution < -0.4 is 9.62 Å². The highest BCUT2D eigenvalue weighted by Gasteiger charge is 2.38. The zero-order chi connectivity index (χ0) is 28.8. The third kappa shape index (κ3) is 8.30. The van der Waals surface area contributed by atoms with Gasteiger partial charge in [-0.2, -0.15) is 13.2 Å². The molecular weight excluding hydrogens is 546 g/mol. The molecule has 2 fully saturated rings. The average molecular weight is 576 g/mol. The predicted octanol–water partition coefficient (Wildman–Crippen LogP) is 4.41. The van der Waals surface area contributed by atoms with Crippen molar-refractivity contribution in [3.63, 3.8) is 0 Å². The van der Waals surface area contributed by atoms with Gasteiger partial charge >= 0.3 is 18.1 Å². The van der Waals surface area contributed by atoms with Crippen molar-refractivity contribution in [2.24, 2.45) is 0 Å². The lowest BCUT2D eigenvalue weighted by atomic mass is 9.98. The highest BCUT2D eigenvalue weighted by molar-refractivity contribution is 7.92. The van der Waals surface area contributed by atoms with E-state index in [2.05, 4.69) is 14.5 Å². The van der Waals surface area contributed by atoms with Gasteiger partial charge in [0.05, 0.1) is 16.1 Å². The molecule has 0 bridgehead atoms. The first kappa shape index (κ1) is 30.2. The van der Waals surface area contributed by atoms with E-state index in [4.69, 9.17) is 9.90 Å². The number of nitrogens with zero attached hydrogens (tertiary/aromatic N) is 2. The van der Waals surface area contributed by atoms with Crippen LogP contribution in [0.3, 0.4) is 0 Å². The van der Waals surface area contributed by atoms with Gasteiger partial charge in [0.2, 0.25) is 0 Å². The Labute approximate surface area is 223 Å². The fraction of sp³-hybridized carbons (Fsp3) is 0.440. The highest BCUT2D eigenvalue weighted by Crippen LogP contribution is 2.30. The van der Waals surface area contributed by atoms with Crippen molar-refractivity contribution >= 4 is 33.3 Å². The first-order valence-corrected chi connectivity index (χ1v) is 13.7. The monoisotopic (exact) mass is 575 g/mol. The maximum Gasteiger partial charge on any atom is 0.490 e. The topological polar surface area (TPSA) is 127 Å². The number of benzene rings is 2. The molecule has 2 aliphatic rings. The van der Waals surface area contributed by atoms with E-state index >= 15 is 0 Å². The second kappa shape index (κ2) is 12.6. The second-order valence-corrected chi connectivity index (χ2v) is 10.9. The smallest absolute Gasteiger partial charge is 0.478 e. The van der Waals surface area contributed by atoms with Crippen LogP contribution in [0, 0.1) is 5.82 Å². The summed E-state index contributed by atoms with van der Waals surface area (Å²) in [5, 5.41) is 16.9. The summed E-state index contributed by atoms with van der Waals surface area (Å²) in [6, 6.07) is 9.57. The number of piperidine rings is 2. The van der Waals surface area contributed by atoms with Gasteiger partial charge in [0, 0.05) is 24.8 Å². The van der Waals surface area contributed by atoms with Gasteiger partial charge in [-0.15, -0.1) is 0 Å². The zero-order valence-corrected chi connectivity index (χ0v) is 21.6. The number of hydrogen-bond donors (Lipinski definition) is 3. The maximum atomic E-state index is 13.1. The van der Waals surface area contributed by atoms with Gasteiger partial charge in [-0.3, -0.25) is 4.72 Å². The van der Waals surface area contributed by atoms with E-state index in [0.29, 0.717) is 11.7 Å². The first-order valence-electron chi connectivity index (χ1n) is 12.2. The van der Waals surface area contributed by atoms with Gasteiger partial charge in [-0.1, -0.05) is 6.42 Å². The standard InChI is InChI=1S/C23H28FN3O4S.C2HF3O2/c24-17-4-7-20(8-5-17)32(30,31)25-18-6-9-22(21(16-18)23(28)29)27-14-10-19(11-15-27)26-12-2-1-3-13-26;3-2(4,5)1(6)7/h4-9,16,19,25H,1-3,10-15H2,(H,28,29);(H,6,7). The number of aromatic carboxylic acids is 1. The van der Waals surface area contributed by atoms with Crippen LogP contribution in [0.2, 0.25) is 0 Å². The SMILES string of the molecule is O=C(O)C(F)(F)F.O=C(O)c1cc(NS(=O)(=O)c2ccc(F)cc2)ccc1N1CCC(N2CCCCC2)CC1. The number of carboxylic acid groups (broad SMARTS) is 2. The van der Waals surface area contributed by atoms with Crippen molar-refractivity contribution in [3.05, 3.63) is 53.8 Å². The molecule has 0 unspecified atom stereocenters. The van der Waals surface area contributed by atoms with Gasteiger partial charge < -0.3 is 20.0 Å². The number of nitrogens with one attached hydrogen (secondary N) is 1. The number of hydrogen-bond acceptors (Lipinski definition) is 6. The first-order chi connectivity index (χ1) is 18.3. The van der Waals surface area contributed by atoms with Crippen molar-refractivity contribution in [1.29, 1.82) is 0 Å². The van der Waals surface area contributed by atoms with E-state index < -0.39 is 34.0 Å². The summed E-state index contributed by atoms with van der Waals surface area (Å²) in [6.07, 6.45) is 0.682. The van der Waals surface area contributed by atoms with Crippen LogP contribution in [-0.4, -0.2) is 73.9 Å². The van der Waals surface area contributed by atoms with Crippen LogP contribution in [0.5, 0.6) is 0 Å². The molecule has 2 aromatic rings. The minimum Gasteiger partial charge on any atom is -0.478 e. The molecule has 2 aliphatic heterocycles. The lowest BCUT2D eigenvalue weighted by Crippen LogP contribution is -2.47. The Morgan fingerprint density at radius 1 is 0.897 bits per heavy atom. The molecule has 2 aromatic carbocycles. The molecule has 2 heterocycles. The van der Waals surface area contributed by atoms with Crippen molar-refractivity contribution in [1.82, 2.24) is 4.90 Å². The van der Waals surface area contributed by atoms with E-state index in [1.165, 1.54) is 25.3 Å². The summed E-state index contributed by atoms with van der Waals surface area (Å²) < 4.78 is 72.4. The number of likely N-dealkylation sites (tertiary alicyclic amines) is 1. The molecule has 0 radical (unpaired) electrons. The Morgan fingerprint density at radius 2 is 1.46 bits per heavy atom. The van der Waals surface area contributed by atoms with Gasteiger partial charge in [-0.25, -0.2) is 22.4 Å². The van der Waals surface area contributed by atoms with E-state index in [0.717, 1.165) is 63.3 Å². The molecule has 9 nitrogen and oxygen atoms in total. The minimum absolute atomic E-state index is 0.0562. The van der Waals surface area contributed by atoms with E-state index in [1.807, 2.05) is 0 Å². The molecule has 0 aliphatic carbocycles. The van der Waals surface area contributed by atoms with E-state index in [-0.39, 0.29) is 16.1 Å². The quantitative estimate of drug-likeness (QED) is 0.433. The van der Waals surface area contributed by atoms with Crippen molar-refractivity contribution in [2.45, 2.75) is 49.2 Å². The number of anilines is 2. The fourth-order valence-corrected chi connectivity index (χ4v) is 5.68. The van der Waals surface area contributed by atoms with Crippen molar-refractivity contribution < 1.29 is 45.8 Å². The Morgan fingerprint density at radius 3 is 1.97 bits per heavy atom. The number of aliphatic carboxylic acids is 1. The van der Waals surface area contributed by atoms with Gasteiger partial charge in [0.15, 0.2) is 0 Å². The molecule has 0 amide bonds. The number of carbonyl (C=O) groups is 2. The van der Waals surface area contributed by atoms with Crippen molar-refractivity contribution in [2.75, 3.05) is 35.8 Å².